The number of rotatable bonds is 2. The molecule has 4 heteroatoms. The average Bonchev–Trinajstić information content (AvgIpc) is 3.16. The predicted octanol–water partition coefficient (Wildman–Crippen LogP) is 3.73. The molecule has 2 aromatic carbocycles. The SMILES string of the molecule is CC(C)(C)c1ccc2c(c1)C(CN)N(c1ccc3c(c1)OCO3)C2. The molecule has 0 amide bonds. The van der Waals surface area contributed by atoms with Crippen molar-refractivity contribution < 1.29 is 9.47 Å². The molecule has 24 heavy (non-hydrogen) atoms. The summed E-state index contributed by atoms with van der Waals surface area (Å²) >= 11 is 0. The number of nitrogens with two attached hydrogens (primary N) is 1. The number of hydrogen-bond acceptors (Lipinski definition) is 4. The Kier molecular flexibility index (Phi) is 3.46. The summed E-state index contributed by atoms with van der Waals surface area (Å²) in [5, 5.41) is 0. The molecule has 4 rings (SSSR count). The third-order valence-corrected chi connectivity index (χ3v) is 5.00. The zero-order valence-electron chi connectivity index (χ0n) is 14.5. The van der Waals surface area contributed by atoms with Crippen LogP contribution in [0.3, 0.4) is 0 Å². The summed E-state index contributed by atoms with van der Waals surface area (Å²) in [7, 11) is 0. The van der Waals surface area contributed by atoms with Crippen LogP contribution in [0.15, 0.2) is 36.4 Å². The van der Waals surface area contributed by atoms with E-state index in [1.807, 2.05) is 6.07 Å². The Hall–Kier alpha value is -2.20. The van der Waals surface area contributed by atoms with Crippen LogP contribution in [-0.2, 0) is 12.0 Å². The summed E-state index contributed by atoms with van der Waals surface area (Å²) in [6.07, 6.45) is 0. The summed E-state index contributed by atoms with van der Waals surface area (Å²) in [6.45, 7) is 8.51. The lowest BCUT2D eigenvalue weighted by Gasteiger charge is -2.27. The van der Waals surface area contributed by atoms with Crippen LogP contribution < -0.4 is 20.1 Å². The maximum absolute atomic E-state index is 6.15. The Morgan fingerprint density at radius 1 is 1.08 bits per heavy atom. The van der Waals surface area contributed by atoms with Crippen molar-refractivity contribution >= 4 is 5.69 Å². The molecule has 2 aliphatic rings. The van der Waals surface area contributed by atoms with E-state index >= 15 is 0 Å². The van der Waals surface area contributed by atoms with E-state index in [0.717, 1.165) is 23.7 Å². The summed E-state index contributed by atoms with van der Waals surface area (Å²) in [4.78, 5) is 2.36. The number of nitrogens with zero attached hydrogens (tertiary/aromatic N) is 1. The first-order valence-corrected chi connectivity index (χ1v) is 8.47. The molecule has 1 unspecified atom stereocenters. The van der Waals surface area contributed by atoms with E-state index in [1.54, 1.807) is 0 Å². The molecule has 0 aromatic heterocycles. The van der Waals surface area contributed by atoms with Crippen LogP contribution in [0.2, 0.25) is 0 Å². The third kappa shape index (κ3) is 2.42. The largest absolute Gasteiger partial charge is 0.454 e. The summed E-state index contributed by atoms with van der Waals surface area (Å²) in [5.74, 6) is 1.63. The van der Waals surface area contributed by atoms with Gasteiger partial charge in [-0.15, -0.1) is 0 Å². The highest BCUT2D eigenvalue weighted by Crippen LogP contribution is 2.42. The topological polar surface area (TPSA) is 47.7 Å². The van der Waals surface area contributed by atoms with Crippen molar-refractivity contribution in [2.75, 3.05) is 18.2 Å². The normalized spacial score (nSPS) is 18.8. The van der Waals surface area contributed by atoms with Gasteiger partial charge >= 0.3 is 0 Å². The number of hydrogen-bond donors (Lipinski definition) is 1. The fourth-order valence-electron chi connectivity index (χ4n) is 3.57. The van der Waals surface area contributed by atoms with Gasteiger partial charge in [0, 0.05) is 24.8 Å². The van der Waals surface area contributed by atoms with Crippen LogP contribution in [-0.4, -0.2) is 13.3 Å². The van der Waals surface area contributed by atoms with Gasteiger partial charge in [-0.25, -0.2) is 0 Å². The standard InChI is InChI=1S/C20H24N2O2/c1-20(2,3)14-5-4-13-11-22(17(10-21)16(13)8-14)15-6-7-18-19(9-15)24-12-23-18/h4-9,17H,10-12,21H2,1-3H3. The fraction of sp³-hybridized carbons (Fsp3) is 0.400. The van der Waals surface area contributed by atoms with Crippen molar-refractivity contribution in [2.45, 2.75) is 38.8 Å². The van der Waals surface area contributed by atoms with Crippen LogP contribution in [0.5, 0.6) is 11.5 Å². The van der Waals surface area contributed by atoms with Gasteiger partial charge in [0.15, 0.2) is 11.5 Å². The molecule has 2 N–H and O–H groups in total. The second-order valence-electron chi connectivity index (χ2n) is 7.58. The van der Waals surface area contributed by atoms with Crippen LogP contribution in [0.1, 0.15) is 43.5 Å². The molecule has 0 saturated carbocycles. The van der Waals surface area contributed by atoms with Gasteiger partial charge in [0.2, 0.25) is 6.79 Å². The van der Waals surface area contributed by atoms with Crippen molar-refractivity contribution in [3.8, 4) is 11.5 Å². The Bertz CT molecular complexity index is 780. The van der Waals surface area contributed by atoms with Crippen molar-refractivity contribution in [1.82, 2.24) is 0 Å². The Balaban J connectivity index is 1.71. The van der Waals surface area contributed by atoms with Crippen LogP contribution in [0, 0.1) is 0 Å². The van der Waals surface area contributed by atoms with E-state index in [9.17, 15) is 0 Å². The quantitative estimate of drug-likeness (QED) is 0.914. The van der Waals surface area contributed by atoms with Gasteiger partial charge in [-0.05, 0) is 34.2 Å². The molecule has 2 aromatic rings. The molecule has 4 nitrogen and oxygen atoms in total. The molecule has 0 aliphatic carbocycles. The minimum atomic E-state index is 0.139. The van der Waals surface area contributed by atoms with Gasteiger partial charge in [0.1, 0.15) is 0 Å². The maximum Gasteiger partial charge on any atom is 0.231 e. The minimum absolute atomic E-state index is 0.139. The van der Waals surface area contributed by atoms with Crippen molar-refractivity contribution in [3.05, 3.63) is 53.1 Å². The molecule has 0 radical (unpaired) electrons. The van der Waals surface area contributed by atoms with Gasteiger partial charge < -0.3 is 20.1 Å². The van der Waals surface area contributed by atoms with E-state index in [0.29, 0.717) is 13.3 Å². The van der Waals surface area contributed by atoms with E-state index in [1.165, 1.54) is 16.7 Å². The number of fused-ring (bicyclic) bond motifs is 2. The predicted molar refractivity (Wildman–Crippen MR) is 95.7 cm³/mol. The van der Waals surface area contributed by atoms with Crippen molar-refractivity contribution in [1.29, 1.82) is 0 Å². The molecule has 126 valence electrons. The van der Waals surface area contributed by atoms with Gasteiger partial charge in [-0.3, -0.25) is 0 Å². The van der Waals surface area contributed by atoms with Crippen molar-refractivity contribution in [2.24, 2.45) is 5.73 Å². The zero-order valence-corrected chi connectivity index (χ0v) is 14.5. The lowest BCUT2D eigenvalue weighted by atomic mass is 9.85. The fourth-order valence-corrected chi connectivity index (χ4v) is 3.57. The molecular weight excluding hydrogens is 300 g/mol. The molecule has 0 spiro atoms. The molecule has 0 bridgehead atoms. The second-order valence-corrected chi connectivity index (χ2v) is 7.58. The van der Waals surface area contributed by atoms with E-state index in [-0.39, 0.29) is 11.5 Å². The summed E-state index contributed by atoms with van der Waals surface area (Å²) < 4.78 is 10.9. The Morgan fingerprint density at radius 2 is 1.88 bits per heavy atom. The lowest BCUT2D eigenvalue weighted by molar-refractivity contribution is 0.174. The highest BCUT2D eigenvalue weighted by atomic mass is 16.7. The van der Waals surface area contributed by atoms with Crippen LogP contribution in [0.25, 0.3) is 0 Å². The van der Waals surface area contributed by atoms with Crippen molar-refractivity contribution in [3.63, 3.8) is 0 Å². The van der Waals surface area contributed by atoms with Gasteiger partial charge in [-0.2, -0.15) is 0 Å². The third-order valence-electron chi connectivity index (χ3n) is 5.00. The maximum atomic E-state index is 6.15. The highest BCUT2D eigenvalue weighted by molar-refractivity contribution is 5.61. The van der Waals surface area contributed by atoms with E-state index in [2.05, 4.69) is 56.0 Å². The first-order valence-electron chi connectivity index (χ1n) is 8.47. The molecule has 1 atom stereocenters. The summed E-state index contributed by atoms with van der Waals surface area (Å²) in [5.41, 5.74) is 11.5. The van der Waals surface area contributed by atoms with Crippen LogP contribution in [0.4, 0.5) is 5.69 Å². The van der Waals surface area contributed by atoms with Crippen LogP contribution >= 0.6 is 0 Å². The first kappa shape index (κ1) is 15.3. The zero-order chi connectivity index (χ0) is 16.9. The smallest absolute Gasteiger partial charge is 0.231 e. The Labute approximate surface area is 143 Å². The molecule has 0 fully saturated rings. The van der Waals surface area contributed by atoms with Gasteiger partial charge in [0.25, 0.3) is 0 Å². The molecule has 2 heterocycles. The van der Waals surface area contributed by atoms with E-state index < -0.39 is 0 Å². The first-order chi connectivity index (χ1) is 11.5. The average molecular weight is 324 g/mol. The Morgan fingerprint density at radius 3 is 2.62 bits per heavy atom. The number of anilines is 1. The molecule has 0 saturated heterocycles. The number of ether oxygens (including phenoxy) is 2. The monoisotopic (exact) mass is 324 g/mol. The lowest BCUT2D eigenvalue weighted by Crippen LogP contribution is -2.27. The number of benzene rings is 2. The second kappa shape index (κ2) is 5.42. The highest BCUT2D eigenvalue weighted by Gasteiger charge is 2.31. The van der Waals surface area contributed by atoms with Gasteiger partial charge in [-0.1, -0.05) is 39.0 Å². The minimum Gasteiger partial charge on any atom is -0.454 e. The summed E-state index contributed by atoms with van der Waals surface area (Å²) in [6, 6.07) is 13.2. The van der Waals surface area contributed by atoms with Gasteiger partial charge in [0.05, 0.1) is 6.04 Å². The molecular formula is C20H24N2O2. The van der Waals surface area contributed by atoms with E-state index in [4.69, 9.17) is 15.2 Å². The molecule has 2 aliphatic heterocycles.